The molecule has 0 saturated carbocycles. The summed E-state index contributed by atoms with van der Waals surface area (Å²) in [5.41, 5.74) is 6.41. The highest BCUT2D eigenvalue weighted by Gasteiger charge is 2.34. The Bertz CT molecular complexity index is 948. The van der Waals surface area contributed by atoms with Gasteiger partial charge in [0.1, 0.15) is 12.4 Å². The van der Waals surface area contributed by atoms with Crippen molar-refractivity contribution in [1.82, 2.24) is 14.7 Å². The summed E-state index contributed by atoms with van der Waals surface area (Å²) in [7, 11) is 1.88. The summed E-state index contributed by atoms with van der Waals surface area (Å²) in [6.07, 6.45) is 3.47. The smallest absolute Gasteiger partial charge is 0.248 e. The molecule has 0 fully saturated rings. The molecular weight excluding hydrogens is 366 g/mol. The maximum atomic E-state index is 12.0. The van der Waals surface area contributed by atoms with Crippen LogP contribution in [0.4, 0.5) is 0 Å². The summed E-state index contributed by atoms with van der Waals surface area (Å²) in [6, 6.07) is 3.88. The predicted molar refractivity (Wildman–Crippen MR) is 104 cm³/mol. The Morgan fingerprint density at radius 1 is 1.44 bits per heavy atom. The number of aryl methyl sites for hydroxylation is 1. The first kappa shape index (κ1) is 18.1. The lowest BCUT2D eigenvalue weighted by Gasteiger charge is -2.28. The Hall–Kier alpha value is -2.31. The molecule has 2 aromatic rings. The zero-order valence-electron chi connectivity index (χ0n) is 15.5. The second-order valence-corrected chi connectivity index (χ2v) is 7.29. The van der Waals surface area contributed by atoms with Crippen molar-refractivity contribution in [2.75, 3.05) is 26.3 Å². The van der Waals surface area contributed by atoms with Crippen LogP contribution in [0.3, 0.4) is 0 Å². The predicted octanol–water partition coefficient (Wildman–Crippen LogP) is 2.67. The van der Waals surface area contributed by atoms with Crippen molar-refractivity contribution >= 4 is 23.1 Å². The molecule has 1 aliphatic heterocycles. The molecule has 0 radical (unpaired) electrons. The third kappa shape index (κ3) is 3.03. The standard InChI is InChI=1S/C20H22ClN3O3/c1-3-27-20-14-8-12-4-7-24(18(26)11-25)10-15(12)19(14)13(9-16(20)21)17-5-6-23(2)22-17/h5-6,9,25H,3-4,7-8,10-11H2,1-2H3. The number of nitrogens with zero attached hydrogens (tertiary/aromatic N) is 3. The molecule has 7 heteroatoms. The molecule has 1 amide bonds. The SMILES string of the molecule is CCOc1c(Cl)cc(-c2ccn(C)n2)c2c1CC1=C2CN(C(=O)CO)CC1. The largest absolute Gasteiger partial charge is 0.492 e. The van der Waals surface area contributed by atoms with Crippen molar-refractivity contribution in [3.8, 4) is 17.0 Å². The molecule has 2 aliphatic rings. The van der Waals surface area contributed by atoms with Crippen LogP contribution in [-0.2, 0) is 18.3 Å². The fourth-order valence-electron chi connectivity index (χ4n) is 4.04. The van der Waals surface area contributed by atoms with Gasteiger partial charge in [-0.2, -0.15) is 5.10 Å². The molecule has 0 unspecified atom stereocenters. The van der Waals surface area contributed by atoms with Gasteiger partial charge in [0.05, 0.1) is 17.3 Å². The van der Waals surface area contributed by atoms with Gasteiger partial charge in [0.25, 0.3) is 0 Å². The molecule has 0 spiro atoms. The Morgan fingerprint density at radius 3 is 2.93 bits per heavy atom. The molecule has 0 atom stereocenters. The van der Waals surface area contributed by atoms with E-state index in [9.17, 15) is 9.90 Å². The average molecular weight is 388 g/mol. The molecular formula is C20H22ClN3O3. The van der Waals surface area contributed by atoms with E-state index in [0.29, 0.717) is 24.7 Å². The van der Waals surface area contributed by atoms with Gasteiger partial charge in [0.15, 0.2) is 0 Å². The highest BCUT2D eigenvalue weighted by atomic mass is 35.5. The first-order chi connectivity index (χ1) is 13.0. The number of ether oxygens (including phenoxy) is 1. The first-order valence-corrected chi connectivity index (χ1v) is 9.49. The molecule has 142 valence electrons. The number of aliphatic hydroxyl groups is 1. The molecule has 0 saturated heterocycles. The van der Waals surface area contributed by atoms with Crippen LogP contribution in [0.5, 0.6) is 5.75 Å². The molecule has 1 N–H and O–H groups in total. The minimum atomic E-state index is -0.465. The van der Waals surface area contributed by atoms with Crippen molar-refractivity contribution in [2.45, 2.75) is 19.8 Å². The third-order valence-corrected chi connectivity index (χ3v) is 5.53. The molecule has 2 heterocycles. The van der Waals surface area contributed by atoms with Crippen LogP contribution >= 0.6 is 11.6 Å². The lowest BCUT2D eigenvalue weighted by molar-refractivity contribution is -0.133. The maximum absolute atomic E-state index is 12.0. The maximum Gasteiger partial charge on any atom is 0.248 e. The van der Waals surface area contributed by atoms with E-state index < -0.39 is 6.61 Å². The third-order valence-electron chi connectivity index (χ3n) is 5.25. The Morgan fingerprint density at radius 2 is 2.26 bits per heavy atom. The van der Waals surface area contributed by atoms with Crippen LogP contribution in [0.15, 0.2) is 23.9 Å². The van der Waals surface area contributed by atoms with E-state index in [1.165, 1.54) is 5.57 Å². The lowest BCUT2D eigenvalue weighted by Crippen LogP contribution is -2.37. The Balaban J connectivity index is 1.87. The van der Waals surface area contributed by atoms with Gasteiger partial charge in [0, 0.05) is 37.5 Å². The van der Waals surface area contributed by atoms with Gasteiger partial charge in [0.2, 0.25) is 5.91 Å². The monoisotopic (exact) mass is 387 g/mol. The summed E-state index contributed by atoms with van der Waals surface area (Å²) in [6.45, 7) is 3.14. The minimum absolute atomic E-state index is 0.242. The summed E-state index contributed by atoms with van der Waals surface area (Å²) in [5.74, 6) is 0.483. The molecule has 0 bridgehead atoms. The number of hydrogen-bond acceptors (Lipinski definition) is 4. The molecule has 6 nitrogen and oxygen atoms in total. The number of aromatic nitrogens is 2. The van der Waals surface area contributed by atoms with Gasteiger partial charge in [-0.1, -0.05) is 17.2 Å². The highest BCUT2D eigenvalue weighted by molar-refractivity contribution is 6.32. The van der Waals surface area contributed by atoms with Crippen LogP contribution in [0.25, 0.3) is 16.8 Å². The number of benzene rings is 1. The minimum Gasteiger partial charge on any atom is -0.492 e. The number of fused-ring (bicyclic) bond motifs is 2. The van der Waals surface area contributed by atoms with Gasteiger partial charge >= 0.3 is 0 Å². The van der Waals surface area contributed by atoms with Crippen molar-refractivity contribution in [2.24, 2.45) is 7.05 Å². The van der Waals surface area contributed by atoms with E-state index in [1.54, 1.807) is 9.58 Å². The van der Waals surface area contributed by atoms with E-state index in [-0.39, 0.29) is 5.91 Å². The summed E-state index contributed by atoms with van der Waals surface area (Å²) in [4.78, 5) is 13.8. The Labute approximate surface area is 163 Å². The topological polar surface area (TPSA) is 67.6 Å². The highest BCUT2D eigenvalue weighted by Crippen LogP contribution is 2.48. The summed E-state index contributed by atoms with van der Waals surface area (Å²) >= 11 is 6.57. The molecule has 27 heavy (non-hydrogen) atoms. The van der Waals surface area contributed by atoms with Gasteiger partial charge in [-0.15, -0.1) is 0 Å². The van der Waals surface area contributed by atoms with Gasteiger partial charge in [-0.05, 0) is 43.0 Å². The summed E-state index contributed by atoms with van der Waals surface area (Å²) < 4.78 is 7.64. The van der Waals surface area contributed by atoms with E-state index in [0.717, 1.165) is 46.5 Å². The van der Waals surface area contributed by atoms with Crippen LogP contribution in [0, 0.1) is 0 Å². The Kier molecular flexibility index (Phi) is 4.70. The molecule has 1 aliphatic carbocycles. The number of aliphatic hydroxyl groups excluding tert-OH is 1. The number of hydrogen-bond donors (Lipinski definition) is 1. The lowest BCUT2D eigenvalue weighted by atomic mass is 9.94. The summed E-state index contributed by atoms with van der Waals surface area (Å²) in [5, 5.41) is 14.4. The van der Waals surface area contributed by atoms with Gasteiger partial charge < -0.3 is 14.7 Å². The zero-order valence-corrected chi connectivity index (χ0v) is 16.2. The van der Waals surface area contributed by atoms with Crippen molar-refractivity contribution in [3.63, 3.8) is 0 Å². The molecule has 4 rings (SSSR count). The van der Waals surface area contributed by atoms with E-state index in [2.05, 4.69) is 5.10 Å². The van der Waals surface area contributed by atoms with Gasteiger partial charge in [-0.3, -0.25) is 9.48 Å². The molecule has 1 aromatic heterocycles. The fourth-order valence-corrected chi connectivity index (χ4v) is 4.32. The number of carbonyl (C=O) groups is 1. The van der Waals surface area contributed by atoms with Crippen LogP contribution in [0.1, 0.15) is 24.5 Å². The second-order valence-electron chi connectivity index (χ2n) is 6.88. The van der Waals surface area contributed by atoms with Gasteiger partial charge in [-0.25, -0.2) is 0 Å². The van der Waals surface area contributed by atoms with Crippen LogP contribution < -0.4 is 4.74 Å². The van der Waals surface area contributed by atoms with E-state index in [1.807, 2.05) is 32.3 Å². The second kappa shape index (κ2) is 7.02. The average Bonchev–Trinajstić information content (AvgIpc) is 3.26. The number of carbonyl (C=O) groups excluding carboxylic acids is 1. The van der Waals surface area contributed by atoms with Crippen LogP contribution in [-0.4, -0.2) is 52.0 Å². The normalized spacial score (nSPS) is 15.8. The van der Waals surface area contributed by atoms with Crippen molar-refractivity contribution in [3.05, 3.63) is 40.1 Å². The van der Waals surface area contributed by atoms with E-state index in [4.69, 9.17) is 16.3 Å². The first-order valence-electron chi connectivity index (χ1n) is 9.11. The number of rotatable bonds is 4. The number of halogens is 1. The van der Waals surface area contributed by atoms with Crippen LogP contribution in [0.2, 0.25) is 5.02 Å². The quantitative estimate of drug-likeness (QED) is 0.875. The van der Waals surface area contributed by atoms with E-state index >= 15 is 0 Å². The van der Waals surface area contributed by atoms with Crippen molar-refractivity contribution in [1.29, 1.82) is 0 Å². The fraction of sp³-hybridized carbons (Fsp3) is 0.400. The molecule has 1 aromatic carbocycles. The van der Waals surface area contributed by atoms with Crippen molar-refractivity contribution < 1.29 is 14.6 Å². The number of amides is 1. The zero-order chi connectivity index (χ0) is 19.1.